The van der Waals surface area contributed by atoms with Crippen LogP contribution in [-0.2, 0) is 66.6 Å². The molecule has 6 N–H and O–H groups in total. The van der Waals surface area contributed by atoms with Gasteiger partial charge in [0.2, 0.25) is 11.9 Å². The van der Waals surface area contributed by atoms with Gasteiger partial charge in [-0.05, 0) is 146 Å². The van der Waals surface area contributed by atoms with Gasteiger partial charge in [-0.3, -0.25) is 27.7 Å². The van der Waals surface area contributed by atoms with E-state index < -0.39 is 63.3 Å². The highest BCUT2D eigenvalue weighted by Gasteiger charge is 2.38. The van der Waals surface area contributed by atoms with Crippen molar-refractivity contribution in [2.75, 3.05) is 11.5 Å². The minimum Gasteiger partial charge on any atom is -0.368 e. The van der Waals surface area contributed by atoms with Gasteiger partial charge in [-0.1, -0.05) is 60.7 Å². The quantitative estimate of drug-likeness (QED) is 0.0655. The Balaban J connectivity index is 0.000000197. The highest BCUT2D eigenvalue weighted by molar-refractivity contribution is 7.48. The number of nitrogens with zero attached hydrogens (tertiary/aromatic N) is 6. The molecule has 10 rings (SSSR count). The number of fused-ring (bicyclic) bond motifs is 4. The van der Waals surface area contributed by atoms with E-state index in [4.69, 9.17) is 34.8 Å². The van der Waals surface area contributed by atoms with E-state index in [1.54, 1.807) is 81.7 Å². The van der Waals surface area contributed by atoms with Crippen LogP contribution in [0.1, 0.15) is 95.9 Å². The van der Waals surface area contributed by atoms with Crippen LogP contribution in [0.15, 0.2) is 109 Å². The molecule has 0 unspecified atom stereocenters. The second-order valence-corrected chi connectivity index (χ2v) is 23.7. The SMILES string of the molecule is CC(C)(C)OP(=O)(OCc1cc(F)c(F)cc1-c1ccc2nc(N)nc(C(=O)N3Cc4ccccc4C3)c2c1)OC(C)(C)C.Nc1nc(C(=O)N2Cc3ccccc3C2)c2cc(-c3cc(F)c(F)cc3COP(=O)(O)O)ccc2n1. The Morgan fingerprint density at radius 1 is 0.537 bits per heavy atom. The van der Waals surface area contributed by atoms with Crippen molar-refractivity contribution >= 4 is 61.2 Å². The number of rotatable bonds is 12. The summed E-state index contributed by atoms with van der Waals surface area (Å²) in [4.78, 5) is 65.5. The average Bonchev–Trinajstić information content (AvgIpc) is 4.08. The van der Waals surface area contributed by atoms with Gasteiger partial charge >= 0.3 is 15.6 Å². The third kappa shape index (κ3) is 13.2. The number of nitrogen functional groups attached to an aromatic ring is 2. The number of carbonyl (C=O) groups is 2. The Kier molecular flexibility index (Phi) is 15.9. The van der Waals surface area contributed by atoms with E-state index in [9.17, 15) is 36.3 Å². The van der Waals surface area contributed by atoms with Crippen molar-refractivity contribution in [1.82, 2.24) is 29.7 Å². The Labute approximate surface area is 456 Å². The van der Waals surface area contributed by atoms with Crippen molar-refractivity contribution in [3.8, 4) is 22.3 Å². The molecule has 0 bridgehead atoms. The second kappa shape index (κ2) is 22.2. The lowest BCUT2D eigenvalue weighted by Gasteiger charge is -2.31. The minimum absolute atomic E-state index is 0.00388. The predicted octanol–water partition coefficient (Wildman–Crippen LogP) is 11.5. The maximum atomic E-state index is 14.7. The highest BCUT2D eigenvalue weighted by Crippen LogP contribution is 2.56. The van der Waals surface area contributed by atoms with Crippen LogP contribution < -0.4 is 11.5 Å². The number of halogens is 4. The molecule has 0 fully saturated rings. The smallest absolute Gasteiger partial charge is 0.368 e. The first-order chi connectivity index (χ1) is 37.6. The Bertz CT molecular complexity index is 3800. The van der Waals surface area contributed by atoms with E-state index in [0.29, 0.717) is 59.1 Å². The highest BCUT2D eigenvalue weighted by atomic mass is 31.2. The fourth-order valence-electron chi connectivity index (χ4n) is 9.20. The fraction of sp³-hybridized carbons (Fsp3) is 0.250. The topological polar surface area (TPSA) is 256 Å². The molecule has 2 aliphatic heterocycles. The molecule has 0 aliphatic carbocycles. The monoisotopic (exact) mass is 1140 g/mol. The van der Waals surface area contributed by atoms with Gasteiger partial charge in [0, 0.05) is 37.0 Å². The maximum Gasteiger partial charge on any atom is 0.476 e. The van der Waals surface area contributed by atoms with Gasteiger partial charge in [0.1, 0.15) is 11.4 Å². The summed E-state index contributed by atoms with van der Waals surface area (Å²) in [5.41, 5.74) is 16.4. The van der Waals surface area contributed by atoms with Gasteiger partial charge in [-0.25, -0.2) is 46.6 Å². The molecule has 24 heteroatoms. The van der Waals surface area contributed by atoms with Crippen LogP contribution in [0.5, 0.6) is 0 Å². The molecule has 0 saturated heterocycles. The molecule has 6 aromatic carbocycles. The summed E-state index contributed by atoms with van der Waals surface area (Å²) >= 11 is 0. The van der Waals surface area contributed by atoms with Gasteiger partial charge in [0.15, 0.2) is 23.3 Å². The lowest BCUT2D eigenvalue weighted by atomic mass is 9.97. The maximum absolute atomic E-state index is 14.7. The van der Waals surface area contributed by atoms with Crippen molar-refractivity contribution in [2.24, 2.45) is 0 Å². The standard InChI is InChI=1S/C32H35F2N4O5P.C24H19F2N4O5P/c1-31(2,3)42-44(40,43-32(4,5)6)41-18-22-14-25(33)26(34)15-23(22)19-11-12-27-24(13-19)28(37-30(35)36-27)29(39)38-16-20-9-7-8-10-21(20)17-38;25-19-8-16(12-35-36(32,33)34)17(9-20(19)26)13-5-6-21-18(7-13)22(29-24(27)28-21)23(31)30-10-14-3-1-2-4-15(14)11-30/h7-15H,16-18H2,1-6H3,(H2,35,36,37);1-9H,10-12H2,(H2,27,28,29)(H2,32,33,34). The largest absolute Gasteiger partial charge is 0.476 e. The number of benzene rings is 6. The second-order valence-electron chi connectivity index (χ2n) is 20.9. The molecular weight excluding hydrogens is 1080 g/mol. The third-order valence-electron chi connectivity index (χ3n) is 12.5. The van der Waals surface area contributed by atoms with Crippen molar-refractivity contribution in [3.05, 3.63) is 177 Å². The molecule has 2 aliphatic rings. The Morgan fingerprint density at radius 2 is 0.887 bits per heavy atom. The summed E-state index contributed by atoms with van der Waals surface area (Å²) in [6, 6.07) is 28.7. The number of hydrogen-bond donors (Lipinski definition) is 4. The van der Waals surface area contributed by atoms with Crippen molar-refractivity contribution in [2.45, 2.75) is 92.1 Å². The summed E-state index contributed by atoms with van der Waals surface area (Å²) in [7, 11) is -9.04. The normalized spacial score (nSPS) is 13.6. The zero-order chi connectivity index (χ0) is 57.6. The zero-order valence-corrected chi connectivity index (χ0v) is 45.8. The number of phosphoric acid groups is 2. The van der Waals surface area contributed by atoms with Gasteiger partial charge in [0.25, 0.3) is 11.8 Å². The molecule has 0 saturated carbocycles. The van der Waals surface area contributed by atoms with E-state index in [0.717, 1.165) is 46.5 Å². The first-order valence-corrected chi connectivity index (χ1v) is 27.8. The number of carbonyl (C=O) groups excluding carboxylic acids is 2. The number of anilines is 2. The molecule has 2 aromatic heterocycles. The van der Waals surface area contributed by atoms with Gasteiger partial charge < -0.3 is 31.1 Å². The van der Waals surface area contributed by atoms with E-state index in [1.807, 2.05) is 48.5 Å². The summed E-state index contributed by atoms with van der Waals surface area (Å²) in [6.07, 6.45) is 0. The summed E-state index contributed by atoms with van der Waals surface area (Å²) in [5, 5.41) is 0.710. The third-order valence-corrected chi connectivity index (χ3v) is 15.0. The minimum atomic E-state index is -4.87. The van der Waals surface area contributed by atoms with Crippen LogP contribution in [0.3, 0.4) is 0 Å². The number of nitrogens with two attached hydrogens (primary N) is 2. The molecule has 0 spiro atoms. The molecule has 0 atom stereocenters. The first kappa shape index (κ1) is 57.2. The number of aromatic nitrogens is 4. The van der Waals surface area contributed by atoms with Gasteiger partial charge in [-0.2, -0.15) is 0 Å². The van der Waals surface area contributed by atoms with Crippen LogP contribution in [0.25, 0.3) is 44.1 Å². The first-order valence-electron chi connectivity index (χ1n) is 24.8. The van der Waals surface area contributed by atoms with E-state index in [2.05, 4.69) is 24.5 Å². The molecule has 4 heterocycles. The van der Waals surface area contributed by atoms with E-state index in [1.165, 1.54) is 6.07 Å². The molecule has 0 radical (unpaired) electrons. The summed E-state index contributed by atoms with van der Waals surface area (Å²) in [5.74, 6) is -5.46. The predicted molar refractivity (Wildman–Crippen MR) is 290 cm³/mol. The summed E-state index contributed by atoms with van der Waals surface area (Å²) < 4.78 is 104. The van der Waals surface area contributed by atoms with Crippen LogP contribution in [0, 0.1) is 23.3 Å². The number of amides is 2. The van der Waals surface area contributed by atoms with Gasteiger partial charge in [0.05, 0.1) is 35.4 Å². The Hall–Kier alpha value is -7.52. The van der Waals surface area contributed by atoms with Crippen molar-refractivity contribution < 1.29 is 64.2 Å². The zero-order valence-electron chi connectivity index (χ0n) is 44.0. The lowest BCUT2D eigenvalue weighted by Crippen LogP contribution is -2.27. The molecule has 80 heavy (non-hydrogen) atoms. The van der Waals surface area contributed by atoms with E-state index >= 15 is 0 Å². The number of hydrogen-bond acceptors (Lipinski definition) is 14. The van der Waals surface area contributed by atoms with Gasteiger partial charge in [-0.15, -0.1) is 0 Å². The molecule has 416 valence electrons. The molecular formula is C56H54F4N8O10P2. The molecule has 18 nitrogen and oxygen atoms in total. The summed E-state index contributed by atoms with van der Waals surface area (Å²) in [6.45, 7) is 10.7. The van der Waals surface area contributed by atoms with Crippen molar-refractivity contribution in [1.29, 1.82) is 0 Å². The van der Waals surface area contributed by atoms with Crippen LogP contribution in [0.4, 0.5) is 29.5 Å². The lowest BCUT2D eigenvalue weighted by molar-refractivity contribution is 0.000804. The fourth-order valence-corrected chi connectivity index (χ4v) is 11.3. The van der Waals surface area contributed by atoms with Crippen molar-refractivity contribution in [3.63, 3.8) is 0 Å². The molecule has 8 aromatic rings. The average molecular weight is 1140 g/mol. The van der Waals surface area contributed by atoms with Crippen LogP contribution in [-0.4, -0.2) is 62.5 Å². The van der Waals surface area contributed by atoms with Crippen LogP contribution in [0.2, 0.25) is 0 Å². The van der Waals surface area contributed by atoms with Crippen LogP contribution >= 0.6 is 15.6 Å². The molecule has 2 amide bonds. The van der Waals surface area contributed by atoms with E-state index in [-0.39, 0.29) is 57.4 Å². The number of phosphoric ester groups is 2. The Morgan fingerprint density at radius 3 is 1.24 bits per heavy atom.